The van der Waals surface area contributed by atoms with E-state index in [9.17, 15) is 0 Å². The van der Waals surface area contributed by atoms with E-state index in [-0.39, 0.29) is 79.6 Å². The summed E-state index contributed by atoms with van der Waals surface area (Å²) >= 11 is 0. The summed E-state index contributed by atoms with van der Waals surface area (Å²) in [4.78, 5) is 0. The molecule has 0 aromatic carbocycles. The van der Waals surface area contributed by atoms with Gasteiger partial charge in [0.05, 0.1) is 0 Å². The lowest BCUT2D eigenvalue weighted by molar-refractivity contribution is 0.824. The molecule has 9 heavy (non-hydrogen) atoms. The van der Waals surface area contributed by atoms with Gasteiger partial charge in [0, 0.05) is 0 Å². The Labute approximate surface area is 101 Å². The van der Waals surface area contributed by atoms with Crippen LogP contribution in [-0.4, -0.2) is 11.6 Å². The van der Waals surface area contributed by atoms with Crippen molar-refractivity contribution in [3.8, 4) is 0 Å². The number of hydrogen-bond acceptors (Lipinski definition) is 1. The summed E-state index contributed by atoms with van der Waals surface area (Å²) in [7, 11) is 2.58. The van der Waals surface area contributed by atoms with Crippen molar-refractivity contribution in [2.24, 2.45) is 0 Å². The summed E-state index contributed by atoms with van der Waals surface area (Å²) in [5.41, 5.74) is 0. The van der Waals surface area contributed by atoms with E-state index in [1.54, 1.807) is 0 Å². The van der Waals surface area contributed by atoms with Crippen LogP contribution in [0.25, 0.3) is 0 Å². The molecule has 0 fully saturated rings. The van der Waals surface area contributed by atoms with Crippen LogP contribution in [0.4, 0.5) is 0 Å². The van der Waals surface area contributed by atoms with Crippen molar-refractivity contribution < 1.29 is 5.48 Å². The summed E-state index contributed by atoms with van der Waals surface area (Å²) in [5, 5.41) is 0. The van der Waals surface area contributed by atoms with Gasteiger partial charge in [-0.05, 0) is 6.16 Å². The summed E-state index contributed by atoms with van der Waals surface area (Å²) in [6.45, 7) is 2.09. The molecule has 0 aromatic heterocycles. The van der Waals surface area contributed by atoms with Crippen molar-refractivity contribution in [1.29, 1.82) is 0 Å². The fraction of sp³-hybridized carbons (Fsp3) is 1.00. The Morgan fingerprint density at radius 1 is 1.00 bits per heavy atom. The zero-order valence-corrected chi connectivity index (χ0v) is 13.1. The first-order chi connectivity index (χ1) is 1.41. The second-order valence-electron chi connectivity index (χ2n) is 0.408. The Bertz CT molecular complexity index is 18.5. The Kier molecular flexibility index (Phi) is 598. The van der Waals surface area contributed by atoms with E-state index < -0.39 is 0 Å². The highest BCUT2D eigenvalue weighted by Gasteiger charge is 1.35. The maximum absolute atomic E-state index is 2.58. The Hall–Kier alpha value is 2.27. The van der Waals surface area contributed by atoms with Gasteiger partial charge in [-0.3, -0.25) is 0 Å². The Balaban J connectivity index is -0.00000000133. The molecule has 0 spiro atoms. The molecule has 0 saturated heterocycles. The molecule has 68 valence electrons. The van der Waals surface area contributed by atoms with Crippen LogP contribution in [0.3, 0.4) is 0 Å². The molecule has 2 nitrogen and oxygen atoms in total. The van der Waals surface area contributed by atoms with Crippen molar-refractivity contribution >= 4 is 77.2 Å². The highest BCUT2D eigenvalue weighted by Crippen LogP contribution is 1.68. The molecule has 0 heterocycles. The molecule has 0 bridgehead atoms. The molecule has 1 atom stereocenters. The molecule has 0 rings (SSSR count). The first kappa shape index (κ1) is 65.2. The van der Waals surface area contributed by atoms with Crippen LogP contribution in [-0.2, 0) is 0 Å². The number of rotatable bonds is 0. The van der Waals surface area contributed by atoms with Gasteiger partial charge >= 0.3 is 0 Å². The molecule has 0 radical (unpaired) electrons. The van der Waals surface area contributed by atoms with Crippen LogP contribution in [0.15, 0.2) is 0 Å². The first-order valence-corrected chi connectivity index (χ1v) is 1.93. The van der Waals surface area contributed by atoms with E-state index in [1.807, 2.05) is 0 Å². The van der Waals surface area contributed by atoms with Crippen molar-refractivity contribution in [3.05, 3.63) is 0 Å². The minimum Gasteiger partial charge on any atom is -0.412 e. The van der Waals surface area contributed by atoms with Crippen molar-refractivity contribution in [2.75, 3.05) is 6.16 Å². The SMILES string of the molecule is Br.Br.Br.Br.CCP.N.O. The molecule has 1 unspecified atom stereocenters. The zero-order chi connectivity index (χ0) is 2.71. The predicted octanol–water partition coefficient (Wildman–Crippen LogP) is 2.53. The molecular formula is C2H16Br4NOP. The number of halogens is 4. The fourth-order valence-corrected chi connectivity index (χ4v) is 0. The summed E-state index contributed by atoms with van der Waals surface area (Å²) in [6, 6.07) is 0. The van der Waals surface area contributed by atoms with Crippen LogP contribution in [0.2, 0.25) is 0 Å². The number of hydrogen-bond donors (Lipinski definition) is 1. The average Bonchev–Trinajstić information content (AvgIpc) is 0.918. The third-order valence-corrected chi connectivity index (χ3v) is 0. The second kappa shape index (κ2) is 82.5. The third kappa shape index (κ3) is 136. The first-order valence-electron chi connectivity index (χ1n) is 1.12. The van der Waals surface area contributed by atoms with Crippen molar-refractivity contribution in [1.82, 2.24) is 6.15 Å². The lowest BCUT2D eigenvalue weighted by atomic mass is 11.0. The topological polar surface area (TPSA) is 66.5 Å². The average molecular weight is 421 g/mol. The van der Waals surface area contributed by atoms with Gasteiger partial charge in [-0.1, -0.05) is 6.92 Å². The largest absolute Gasteiger partial charge is 0.412 e. The van der Waals surface area contributed by atoms with Gasteiger partial charge in [0.1, 0.15) is 0 Å². The molecule has 0 saturated carbocycles. The molecule has 0 aromatic rings. The molecule has 0 amide bonds. The maximum Gasteiger partial charge on any atom is -0.0410 e. The van der Waals surface area contributed by atoms with E-state index in [0.717, 1.165) is 0 Å². The van der Waals surface area contributed by atoms with Gasteiger partial charge in [0.2, 0.25) is 0 Å². The standard InChI is InChI=1S/C2H7P.4BrH.H3N.H2O/c1-2-3;;;;;;/h2-3H2,1H3;4*1H;1H3;1H2. The van der Waals surface area contributed by atoms with Crippen LogP contribution in [0.5, 0.6) is 0 Å². The van der Waals surface area contributed by atoms with Gasteiger partial charge in [-0.25, -0.2) is 0 Å². The van der Waals surface area contributed by atoms with E-state index in [2.05, 4.69) is 16.2 Å². The monoisotopic (exact) mass is 417 g/mol. The maximum atomic E-state index is 2.58. The highest BCUT2D eigenvalue weighted by molar-refractivity contribution is 8.93. The lowest BCUT2D eigenvalue weighted by Gasteiger charge is -1.48. The summed E-state index contributed by atoms with van der Waals surface area (Å²) in [6.07, 6.45) is 1.17. The van der Waals surface area contributed by atoms with E-state index >= 15 is 0 Å². The van der Waals surface area contributed by atoms with Crippen LogP contribution in [0, 0.1) is 0 Å². The van der Waals surface area contributed by atoms with E-state index in [0.29, 0.717) is 0 Å². The normalized spacial score (nSPS) is 2.00. The molecule has 0 aliphatic carbocycles. The van der Waals surface area contributed by atoms with E-state index in [1.165, 1.54) is 6.16 Å². The predicted molar refractivity (Wildman–Crippen MR) is 70.2 cm³/mol. The van der Waals surface area contributed by atoms with Gasteiger partial charge in [0.25, 0.3) is 0 Å². The Morgan fingerprint density at radius 3 is 1.00 bits per heavy atom. The minimum atomic E-state index is 0. The van der Waals surface area contributed by atoms with Crippen molar-refractivity contribution in [3.63, 3.8) is 0 Å². The van der Waals surface area contributed by atoms with Crippen LogP contribution in [0.1, 0.15) is 6.92 Å². The highest BCUT2D eigenvalue weighted by atomic mass is 79.9. The Morgan fingerprint density at radius 2 is 1.00 bits per heavy atom. The van der Waals surface area contributed by atoms with E-state index in [4.69, 9.17) is 0 Å². The quantitative estimate of drug-likeness (QED) is 0.601. The molecule has 5 N–H and O–H groups in total. The third-order valence-electron chi connectivity index (χ3n) is 0. The summed E-state index contributed by atoms with van der Waals surface area (Å²) < 4.78 is 0. The lowest BCUT2D eigenvalue weighted by Crippen LogP contribution is -1.33. The van der Waals surface area contributed by atoms with Gasteiger partial charge < -0.3 is 11.6 Å². The van der Waals surface area contributed by atoms with Crippen molar-refractivity contribution in [2.45, 2.75) is 6.92 Å². The zero-order valence-electron chi connectivity index (χ0n) is 5.12. The molecule has 0 aliphatic rings. The second-order valence-corrected chi connectivity index (χ2v) is 1.22. The van der Waals surface area contributed by atoms with Gasteiger partial charge in [0.15, 0.2) is 0 Å². The fourth-order valence-electron chi connectivity index (χ4n) is 0. The van der Waals surface area contributed by atoms with Crippen LogP contribution >= 0.6 is 77.2 Å². The molecule has 7 heteroatoms. The smallest absolute Gasteiger partial charge is 0.0410 e. The van der Waals surface area contributed by atoms with Crippen LogP contribution < -0.4 is 6.15 Å². The minimum absolute atomic E-state index is 0. The molecule has 0 aliphatic heterocycles. The molecular weight excluding hydrogens is 405 g/mol. The summed E-state index contributed by atoms with van der Waals surface area (Å²) in [5.74, 6) is 0. The van der Waals surface area contributed by atoms with Gasteiger partial charge in [-0.2, -0.15) is 0 Å². The van der Waals surface area contributed by atoms with Gasteiger partial charge in [-0.15, -0.1) is 77.2 Å².